The number of sulfone groups is 1. The van der Waals surface area contributed by atoms with Crippen LogP contribution in [0.2, 0.25) is 0 Å². The number of aliphatic carboxylic acids is 1. The highest BCUT2D eigenvalue weighted by Gasteiger charge is 2.31. The molecule has 1 fully saturated rings. The van der Waals surface area contributed by atoms with Crippen molar-refractivity contribution in [2.75, 3.05) is 6.54 Å². The third-order valence-electron chi connectivity index (χ3n) is 2.14. The Labute approximate surface area is 86.6 Å². The van der Waals surface area contributed by atoms with Crippen molar-refractivity contribution < 1.29 is 18.3 Å². The summed E-state index contributed by atoms with van der Waals surface area (Å²) in [6.45, 7) is 0.306. The lowest BCUT2D eigenvalue weighted by molar-refractivity contribution is -0.129. The molecule has 15 heavy (non-hydrogen) atoms. The molecule has 6 nitrogen and oxygen atoms in total. The van der Waals surface area contributed by atoms with Crippen LogP contribution < -0.4 is 5.32 Å². The van der Waals surface area contributed by atoms with Crippen LogP contribution in [0.15, 0.2) is 16.1 Å². The van der Waals surface area contributed by atoms with Gasteiger partial charge in [-0.3, -0.25) is 0 Å². The van der Waals surface area contributed by atoms with Gasteiger partial charge in [0.1, 0.15) is 0 Å². The van der Waals surface area contributed by atoms with E-state index in [4.69, 9.17) is 5.11 Å². The zero-order valence-electron chi connectivity index (χ0n) is 7.80. The highest BCUT2D eigenvalue weighted by atomic mass is 32.2. The molecule has 1 saturated carbocycles. The van der Waals surface area contributed by atoms with Gasteiger partial charge in [-0.05, 0) is 12.8 Å². The van der Waals surface area contributed by atoms with Gasteiger partial charge in [-0.1, -0.05) is 0 Å². The molecular formula is C8H10N2O4S. The van der Waals surface area contributed by atoms with Gasteiger partial charge in [-0.2, -0.15) is 0 Å². The van der Waals surface area contributed by atoms with Crippen LogP contribution in [0.25, 0.3) is 0 Å². The van der Waals surface area contributed by atoms with Gasteiger partial charge in [-0.15, -0.1) is 0 Å². The third-order valence-corrected chi connectivity index (χ3v) is 3.53. The van der Waals surface area contributed by atoms with Gasteiger partial charge >= 0.3 is 5.97 Å². The van der Waals surface area contributed by atoms with Crippen LogP contribution in [0.4, 0.5) is 0 Å². The topological polar surface area (TPSA) is 95.8 Å². The van der Waals surface area contributed by atoms with E-state index in [1.54, 1.807) is 0 Å². The molecule has 2 aliphatic rings. The molecule has 0 radical (unpaired) electrons. The first-order chi connectivity index (χ1) is 6.99. The maximum atomic E-state index is 11.3. The molecule has 1 aliphatic carbocycles. The lowest BCUT2D eigenvalue weighted by atomic mass is 10.5. The van der Waals surface area contributed by atoms with Crippen molar-refractivity contribution >= 4 is 20.9 Å². The molecule has 0 aromatic rings. The zero-order chi connectivity index (χ0) is 11.1. The van der Waals surface area contributed by atoms with Crippen LogP contribution in [-0.4, -0.2) is 37.1 Å². The number of nitrogens with zero attached hydrogens (tertiary/aromatic N) is 1. The van der Waals surface area contributed by atoms with Crippen LogP contribution in [0.3, 0.4) is 0 Å². The number of carboxylic acid groups (broad SMARTS) is 1. The first kappa shape index (κ1) is 10.3. The van der Waals surface area contributed by atoms with Crippen molar-refractivity contribution in [3.05, 3.63) is 11.1 Å². The Morgan fingerprint density at radius 2 is 2.27 bits per heavy atom. The molecule has 1 heterocycles. The van der Waals surface area contributed by atoms with E-state index in [2.05, 4.69) is 10.3 Å². The van der Waals surface area contributed by atoms with Gasteiger partial charge in [0.25, 0.3) is 0 Å². The molecule has 0 aromatic carbocycles. The van der Waals surface area contributed by atoms with E-state index in [-0.39, 0.29) is 5.70 Å². The van der Waals surface area contributed by atoms with Crippen LogP contribution >= 0.6 is 0 Å². The second kappa shape index (κ2) is 3.42. The number of carboxylic acids is 1. The number of carbonyl (C=O) groups is 1. The fourth-order valence-corrected chi connectivity index (χ4v) is 2.34. The first-order valence-corrected chi connectivity index (χ1v) is 6.05. The van der Waals surface area contributed by atoms with Gasteiger partial charge < -0.3 is 10.4 Å². The van der Waals surface area contributed by atoms with E-state index in [0.717, 1.165) is 18.2 Å². The number of hydrogen-bond donors (Lipinski definition) is 2. The minimum atomic E-state index is -3.81. The molecule has 82 valence electrons. The average Bonchev–Trinajstić information content (AvgIpc) is 2.87. The summed E-state index contributed by atoms with van der Waals surface area (Å²) in [5.41, 5.74) is 0.263. The van der Waals surface area contributed by atoms with Crippen molar-refractivity contribution in [1.29, 1.82) is 0 Å². The Morgan fingerprint density at radius 1 is 1.60 bits per heavy atom. The summed E-state index contributed by atoms with van der Waals surface area (Å²) in [5.74, 6) is -1.51. The van der Waals surface area contributed by atoms with Crippen molar-refractivity contribution in [2.45, 2.75) is 18.9 Å². The molecular weight excluding hydrogens is 220 g/mol. The Bertz CT molecular complexity index is 459. The van der Waals surface area contributed by atoms with Crippen LogP contribution in [-0.2, 0) is 14.6 Å². The molecule has 1 aliphatic heterocycles. The highest BCUT2D eigenvalue weighted by Crippen LogP contribution is 2.20. The molecule has 0 saturated heterocycles. The van der Waals surface area contributed by atoms with Gasteiger partial charge in [0.15, 0.2) is 0 Å². The first-order valence-electron chi connectivity index (χ1n) is 4.50. The Morgan fingerprint density at radius 3 is 2.73 bits per heavy atom. The van der Waals surface area contributed by atoms with Crippen molar-refractivity contribution in [1.82, 2.24) is 5.32 Å². The predicted octanol–water partition coefficient (Wildman–Crippen LogP) is -0.509. The summed E-state index contributed by atoms with van der Waals surface area (Å²) < 4.78 is 22.5. The zero-order valence-corrected chi connectivity index (χ0v) is 8.62. The highest BCUT2D eigenvalue weighted by molar-refractivity contribution is 8.11. The second-order valence-electron chi connectivity index (χ2n) is 3.53. The largest absolute Gasteiger partial charge is 0.476 e. The molecule has 0 bridgehead atoms. The summed E-state index contributed by atoms with van der Waals surface area (Å²) >= 11 is 0. The summed E-state index contributed by atoms with van der Waals surface area (Å²) in [7, 11) is -3.81. The smallest absolute Gasteiger partial charge is 0.366 e. The summed E-state index contributed by atoms with van der Waals surface area (Å²) in [5, 5.41) is 11.8. The van der Waals surface area contributed by atoms with E-state index < -0.39 is 20.9 Å². The lowest BCUT2D eigenvalue weighted by Gasteiger charge is -1.98. The van der Waals surface area contributed by atoms with E-state index in [0.29, 0.717) is 12.6 Å². The Kier molecular flexibility index (Phi) is 2.35. The molecule has 2 N–H and O–H groups in total. The normalized spacial score (nSPS) is 23.5. The van der Waals surface area contributed by atoms with Crippen LogP contribution in [0, 0.1) is 0 Å². The molecule has 7 heteroatoms. The predicted molar refractivity (Wildman–Crippen MR) is 53.1 cm³/mol. The standard InChI is InChI=1S/C8H10N2O4S/c11-8(12)7-10-6(4-15(7,13)14)3-9-5-1-2-5/h4-5,9H,1-3H2,(H,11,12). The monoisotopic (exact) mass is 230 g/mol. The SMILES string of the molecule is O=C(O)C1=NC(CNC2CC2)=CS1(=O)=O. The number of aliphatic imine (C=N–C) groups is 1. The second-order valence-corrected chi connectivity index (χ2v) is 5.24. The fourth-order valence-electron chi connectivity index (χ4n) is 1.24. The molecule has 0 spiro atoms. The van der Waals surface area contributed by atoms with E-state index in [1.165, 1.54) is 0 Å². The molecule has 0 amide bonds. The van der Waals surface area contributed by atoms with Crippen molar-refractivity contribution in [2.24, 2.45) is 4.99 Å². The minimum absolute atomic E-state index is 0.263. The molecule has 0 aromatic heterocycles. The number of rotatable bonds is 4. The van der Waals surface area contributed by atoms with Gasteiger partial charge in [0.05, 0.1) is 11.1 Å². The maximum Gasteiger partial charge on any atom is 0.366 e. The van der Waals surface area contributed by atoms with Gasteiger partial charge in [-0.25, -0.2) is 18.2 Å². The van der Waals surface area contributed by atoms with Crippen LogP contribution in [0.1, 0.15) is 12.8 Å². The molecule has 0 unspecified atom stereocenters. The molecule has 2 rings (SSSR count). The van der Waals surface area contributed by atoms with E-state index in [9.17, 15) is 13.2 Å². The minimum Gasteiger partial charge on any atom is -0.476 e. The van der Waals surface area contributed by atoms with Gasteiger partial charge in [0, 0.05) is 12.6 Å². The third kappa shape index (κ3) is 2.24. The number of nitrogens with one attached hydrogen (secondary N) is 1. The van der Waals surface area contributed by atoms with Crippen LogP contribution in [0.5, 0.6) is 0 Å². The molecule has 0 atom stereocenters. The number of hydrogen-bond acceptors (Lipinski definition) is 5. The summed E-state index contributed by atoms with van der Waals surface area (Å²) in [6.07, 6.45) is 2.16. The fraction of sp³-hybridized carbons (Fsp3) is 0.500. The van der Waals surface area contributed by atoms with Crippen molar-refractivity contribution in [3.8, 4) is 0 Å². The van der Waals surface area contributed by atoms with Crippen molar-refractivity contribution in [3.63, 3.8) is 0 Å². The Hall–Kier alpha value is -1.21. The average molecular weight is 230 g/mol. The summed E-state index contributed by atoms with van der Waals surface area (Å²) in [4.78, 5) is 14.1. The maximum absolute atomic E-state index is 11.3. The van der Waals surface area contributed by atoms with E-state index >= 15 is 0 Å². The van der Waals surface area contributed by atoms with E-state index in [1.807, 2.05) is 0 Å². The lowest BCUT2D eigenvalue weighted by Crippen LogP contribution is -2.19. The van der Waals surface area contributed by atoms with Gasteiger partial charge in [0.2, 0.25) is 14.9 Å². The summed E-state index contributed by atoms with van der Waals surface area (Å²) in [6, 6.07) is 0.428. The quantitative estimate of drug-likeness (QED) is 0.678. The Balaban J connectivity index is 2.10.